The van der Waals surface area contributed by atoms with Crippen molar-refractivity contribution >= 4 is 23.6 Å². The molecule has 0 aliphatic carbocycles. The summed E-state index contributed by atoms with van der Waals surface area (Å²) in [7, 11) is 4.05. The van der Waals surface area contributed by atoms with Crippen molar-refractivity contribution in [2.75, 3.05) is 39.5 Å². The first-order valence-corrected chi connectivity index (χ1v) is 11.1. The largest absolute Gasteiger partial charge is 0.352 e. The predicted octanol–water partition coefficient (Wildman–Crippen LogP) is 3.18. The monoisotopic (exact) mass is 411 g/mol. The fourth-order valence-corrected chi connectivity index (χ4v) is 4.58. The van der Waals surface area contributed by atoms with Gasteiger partial charge < -0.3 is 15.1 Å². The third-order valence-electron chi connectivity index (χ3n) is 4.98. The Balaban J connectivity index is 1.57. The Kier molecular flexibility index (Phi) is 7.72. The summed E-state index contributed by atoms with van der Waals surface area (Å²) < 4.78 is 0. The lowest BCUT2D eigenvalue weighted by molar-refractivity contribution is -0.128. The summed E-state index contributed by atoms with van der Waals surface area (Å²) in [5.41, 5.74) is 2.96. The van der Waals surface area contributed by atoms with E-state index in [9.17, 15) is 9.59 Å². The summed E-state index contributed by atoms with van der Waals surface area (Å²) in [4.78, 5) is 28.7. The Labute approximate surface area is 177 Å². The molecule has 29 heavy (non-hydrogen) atoms. The standard InChI is InChI=1S/C23H29N3O2S/c1-25(2)15-6-14-24-22(28)19-9-11-20(12-10-19)23-26(21(27)17-29-23)16-13-18-7-4-3-5-8-18/h3-5,7-12,23H,6,13-17H2,1-2H3,(H,24,28)/t23-/m1/s1. The van der Waals surface area contributed by atoms with E-state index in [0.29, 0.717) is 24.4 Å². The second kappa shape index (κ2) is 10.5. The van der Waals surface area contributed by atoms with Crippen molar-refractivity contribution in [2.45, 2.75) is 18.2 Å². The van der Waals surface area contributed by atoms with Crippen LogP contribution in [0.1, 0.15) is 33.3 Å². The van der Waals surface area contributed by atoms with Gasteiger partial charge in [-0.1, -0.05) is 42.5 Å². The SMILES string of the molecule is CN(C)CCCNC(=O)c1ccc([C@H]2SCC(=O)N2CCc2ccccc2)cc1. The zero-order valence-electron chi connectivity index (χ0n) is 17.1. The molecule has 6 heteroatoms. The van der Waals surface area contributed by atoms with E-state index < -0.39 is 0 Å². The molecule has 2 aromatic carbocycles. The van der Waals surface area contributed by atoms with Gasteiger partial charge in [0.2, 0.25) is 5.91 Å². The maximum absolute atomic E-state index is 12.4. The van der Waals surface area contributed by atoms with Crippen molar-refractivity contribution < 1.29 is 9.59 Å². The van der Waals surface area contributed by atoms with Gasteiger partial charge in [0.25, 0.3) is 5.91 Å². The van der Waals surface area contributed by atoms with Crippen LogP contribution in [0.5, 0.6) is 0 Å². The molecule has 1 aliphatic rings. The molecule has 1 fully saturated rings. The second-order valence-corrected chi connectivity index (χ2v) is 8.59. The molecule has 3 rings (SSSR count). The lowest BCUT2D eigenvalue weighted by atomic mass is 10.1. The molecule has 0 saturated carbocycles. The van der Waals surface area contributed by atoms with Gasteiger partial charge in [-0.25, -0.2) is 0 Å². The zero-order chi connectivity index (χ0) is 20.6. The Hall–Kier alpha value is -2.31. The third kappa shape index (κ3) is 6.08. The Bertz CT molecular complexity index is 809. The lowest BCUT2D eigenvalue weighted by Gasteiger charge is -2.24. The molecule has 0 bridgehead atoms. The van der Waals surface area contributed by atoms with E-state index >= 15 is 0 Å². The number of amides is 2. The van der Waals surface area contributed by atoms with E-state index in [1.54, 1.807) is 11.8 Å². The molecule has 5 nitrogen and oxygen atoms in total. The maximum Gasteiger partial charge on any atom is 0.251 e. The van der Waals surface area contributed by atoms with Crippen LogP contribution in [0.25, 0.3) is 0 Å². The minimum Gasteiger partial charge on any atom is -0.352 e. The number of hydrogen-bond acceptors (Lipinski definition) is 4. The van der Waals surface area contributed by atoms with E-state index in [2.05, 4.69) is 22.3 Å². The minimum absolute atomic E-state index is 0.0171. The maximum atomic E-state index is 12.4. The van der Waals surface area contributed by atoms with Crippen LogP contribution >= 0.6 is 11.8 Å². The average molecular weight is 412 g/mol. The number of carbonyl (C=O) groups excluding carboxylic acids is 2. The highest BCUT2D eigenvalue weighted by molar-refractivity contribution is 8.00. The highest BCUT2D eigenvalue weighted by Gasteiger charge is 2.32. The van der Waals surface area contributed by atoms with Crippen LogP contribution in [-0.2, 0) is 11.2 Å². The van der Waals surface area contributed by atoms with E-state index in [1.165, 1.54) is 5.56 Å². The number of hydrogen-bond donors (Lipinski definition) is 1. The van der Waals surface area contributed by atoms with Gasteiger partial charge in [-0.2, -0.15) is 0 Å². The van der Waals surface area contributed by atoms with Crippen molar-refractivity contribution in [1.29, 1.82) is 0 Å². The third-order valence-corrected chi connectivity index (χ3v) is 6.23. The second-order valence-electron chi connectivity index (χ2n) is 7.52. The summed E-state index contributed by atoms with van der Waals surface area (Å²) in [5.74, 6) is 0.637. The van der Waals surface area contributed by atoms with Crippen LogP contribution in [0.4, 0.5) is 0 Å². The molecule has 2 amide bonds. The highest BCUT2D eigenvalue weighted by Crippen LogP contribution is 2.38. The number of rotatable bonds is 9. The van der Waals surface area contributed by atoms with Gasteiger partial charge in [-0.05, 0) is 56.7 Å². The quantitative estimate of drug-likeness (QED) is 0.644. The Morgan fingerprint density at radius 2 is 1.86 bits per heavy atom. The first-order chi connectivity index (χ1) is 14.0. The van der Waals surface area contributed by atoms with Crippen LogP contribution in [0, 0.1) is 0 Å². The van der Waals surface area contributed by atoms with Gasteiger partial charge in [0, 0.05) is 18.7 Å². The molecule has 0 aromatic heterocycles. The van der Waals surface area contributed by atoms with Crippen molar-refractivity contribution in [1.82, 2.24) is 15.1 Å². The van der Waals surface area contributed by atoms with Crippen molar-refractivity contribution in [2.24, 2.45) is 0 Å². The smallest absolute Gasteiger partial charge is 0.251 e. The molecule has 1 aliphatic heterocycles. The predicted molar refractivity (Wildman–Crippen MR) is 119 cm³/mol. The summed E-state index contributed by atoms with van der Waals surface area (Å²) in [6.07, 6.45) is 1.77. The van der Waals surface area contributed by atoms with E-state index in [1.807, 2.05) is 61.5 Å². The highest BCUT2D eigenvalue weighted by atomic mass is 32.2. The molecule has 2 aromatic rings. The molecule has 1 N–H and O–H groups in total. The molecule has 0 radical (unpaired) electrons. The van der Waals surface area contributed by atoms with Crippen molar-refractivity contribution in [3.8, 4) is 0 Å². The van der Waals surface area contributed by atoms with Crippen LogP contribution < -0.4 is 5.32 Å². The van der Waals surface area contributed by atoms with Crippen molar-refractivity contribution in [3.63, 3.8) is 0 Å². The van der Waals surface area contributed by atoms with E-state index in [0.717, 1.165) is 24.9 Å². The van der Waals surface area contributed by atoms with E-state index in [4.69, 9.17) is 0 Å². The summed E-state index contributed by atoms with van der Waals surface area (Å²) in [5, 5.41) is 2.98. The Morgan fingerprint density at radius 1 is 1.14 bits per heavy atom. The molecule has 1 heterocycles. The number of benzene rings is 2. The topological polar surface area (TPSA) is 52.7 Å². The molecule has 1 saturated heterocycles. The average Bonchev–Trinajstić information content (AvgIpc) is 3.10. The summed E-state index contributed by atoms with van der Waals surface area (Å²) >= 11 is 1.65. The number of nitrogens with zero attached hydrogens (tertiary/aromatic N) is 2. The van der Waals surface area contributed by atoms with Gasteiger partial charge in [-0.3, -0.25) is 9.59 Å². The number of nitrogens with one attached hydrogen (secondary N) is 1. The fraction of sp³-hybridized carbons (Fsp3) is 0.391. The molecule has 154 valence electrons. The van der Waals surface area contributed by atoms with Gasteiger partial charge in [0.05, 0.1) is 5.75 Å². The minimum atomic E-state index is -0.0496. The molecular formula is C23H29N3O2S. The first-order valence-electron chi connectivity index (χ1n) is 10.0. The molecule has 1 atom stereocenters. The van der Waals surface area contributed by atoms with Gasteiger partial charge >= 0.3 is 0 Å². The normalized spacial score (nSPS) is 16.4. The molecular weight excluding hydrogens is 382 g/mol. The molecule has 0 spiro atoms. The van der Waals surface area contributed by atoms with E-state index in [-0.39, 0.29) is 17.2 Å². The fourth-order valence-electron chi connectivity index (χ4n) is 3.36. The van der Waals surface area contributed by atoms with Crippen LogP contribution in [-0.4, -0.2) is 61.1 Å². The van der Waals surface area contributed by atoms with Gasteiger partial charge in [0.15, 0.2) is 0 Å². The van der Waals surface area contributed by atoms with Gasteiger partial charge in [0.1, 0.15) is 5.37 Å². The summed E-state index contributed by atoms with van der Waals surface area (Å²) in [6, 6.07) is 17.9. The first kappa shape index (κ1) is 21.4. The van der Waals surface area contributed by atoms with Crippen LogP contribution in [0.3, 0.4) is 0 Å². The van der Waals surface area contributed by atoms with Crippen LogP contribution in [0.2, 0.25) is 0 Å². The zero-order valence-corrected chi connectivity index (χ0v) is 18.0. The van der Waals surface area contributed by atoms with Gasteiger partial charge in [-0.15, -0.1) is 11.8 Å². The van der Waals surface area contributed by atoms with Crippen LogP contribution in [0.15, 0.2) is 54.6 Å². The number of thioether (sulfide) groups is 1. The summed E-state index contributed by atoms with van der Waals surface area (Å²) in [6.45, 7) is 2.32. The molecule has 0 unspecified atom stereocenters. The van der Waals surface area contributed by atoms with Crippen molar-refractivity contribution in [3.05, 3.63) is 71.3 Å². The lowest BCUT2D eigenvalue weighted by Crippen LogP contribution is -2.30. The Morgan fingerprint density at radius 3 is 2.55 bits per heavy atom. The number of carbonyl (C=O) groups is 2.